The van der Waals surface area contributed by atoms with E-state index >= 15 is 0 Å². The van der Waals surface area contributed by atoms with Crippen LogP contribution in [-0.4, -0.2) is 6.04 Å². The van der Waals surface area contributed by atoms with Crippen LogP contribution in [0.3, 0.4) is 0 Å². The van der Waals surface area contributed by atoms with Crippen LogP contribution in [0.5, 0.6) is 0 Å². The third-order valence-electron chi connectivity index (χ3n) is 5.78. The highest BCUT2D eigenvalue weighted by Crippen LogP contribution is 2.17. The number of unbranched alkanes of at least 4 members (excludes halogenated alkanes) is 14. The fourth-order valence-electron chi connectivity index (χ4n) is 4.01. The molecule has 1 aliphatic carbocycles. The largest absolute Gasteiger partial charge is 0.388 e. The molecule has 1 N–H and O–H groups in total. The molecule has 148 valence electrons. The van der Waals surface area contributed by atoms with E-state index in [1.807, 2.05) is 0 Å². The first-order valence-electron chi connectivity index (χ1n) is 11.8. The smallest absolute Gasteiger partial charge is 0.0255 e. The summed E-state index contributed by atoms with van der Waals surface area (Å²) in [6, 6.07) is 0.765. The minimum Gasteiger partial charge on any atom is -0.388 e. The lowest BCUT2D eigenvalue weighted by Gasteiger charge is -2.21. The molecular formula is C24H47N. The lowest BCUT2D eigenvalue weighted by Crippen LogP contribution is -2.26. The molecule has 0 atom stereocenters. The molecule has 0 spiro atoms. The maximum absolute atomic E-state index is 3.59. The predicted octanol–water partition coefficient (Wildman–Crippen LogP) is 8.29. The van der Waals surface area contributed by atoms with Crippen LogP contribution < -0.4 is 5.32 Å². The van der Waals surface area contributed by atoms with E-state index < -0.39 is 0 Å². The van der Waals surface area contributed by atoms with E-state index in [0.29, 0.717) is 0 Å². The van der Waals surface area contributed by atoms with Crippen LogP contribution in [-0.2, 0) is 0 Å². The van der Waals surface area contributed by atoms with Crippen LogP contribution in [0.2, 0.25) is 0 Å². The van der Waals surface area contributed by atoms with Crippen LogP contribution >= 0.6 is 0 Å². The van der Waals surface area contributed by atoms with Gasteiger partial charge >= 0.3 is 0 Å². The maximum Gasteiger partial charge on any atom is 0.0255 e. The molecule has 0 amide bonds. The van der Waals surface area contributed by atoms with Gasteiger partial charge < -0.3 is 5.32 Å². The van der Waals surface area contributed by atoms with E-state index in [4.69, 9.17) is 0 Å². The Kier molecular flexibility index (Phi) is 16.6. The quantitative estimate of drug-likeness (QED) is 0.260. The van der Waals surface area contributed by atoms with Gasteiger partial charge in [-0.15, -0.1) is 0 Å². The molecule has 0 aliphatic heterocycles. The van der Waals surface area contributed by atoms with Crippen LogP contribution in [0.1, 0.15) is 135 Å². The lowest BCUT2D eigenvalue weighted by molar-refractivity contribution is 0.404. The SMILES string of the molecule is CCCCCCCCCCCCCCCCC=CNC1CCCCC1. The van der Waals surface area contributed by atoms with E-state index in [0.717, 1.165) is 6.04 Å². The van der Waals surface area contributed by atoms with Crippen molar-refractivity contribution in [2.45, 2.75) is 141 Å². The van der Waals surface area contributed by atoms with Crippen molar-refractivity contribution in [3.05, 3.63) is 12.3 Å². The zero-order valence-electron chi connectivity index (χ0n) is 17.4. The number of rotatable bonds is 17. The number of hydrogen-bond donors (Lipinski definition) is 1. The standard InChI is InChI=1S/C24H47N/c1-2-3-4-5-6-7-8-9-10-11-12-13-14-15-16-20-23-25-24-21-18-17-19-22-24/h20,23-25H,2-19,21-22H2,1H3. The van der Waals surface area contributed by atoms with E-state index in [2.05, 4.69) is 24.5 Å². The monoisotopic (exact) mass is 349 g/mol. The Labute approximate surface area is 159 Å². The Morgan fingerprint density at radius 3 is 1.64 bits per heavy atom. The molecule has 25 heavy (non-hydrogen) atoms. The molecule has 0 heterocycles. The molecule has 1 heteroatoms. The second-order valence-corrected chi connectivity index (χ2v) is 8.29. The topological polar surface area (TPSA) is 12.0 Å². The molecule has 1 nitrogen and oxygen atoms in total. The van der Waals surface area contributed by atoms with Gasteiger partial charge in [-0.05, 0) is 31.9 Å². The second kappa shape index (κ2) is 18.3. The van der Waals surface area contributed by atoms with Crippen LogP contribution in [0.4, 0.5) is 0 Å². The van der Waals surface area contributed by atoms with Gasteiger partial charge in [0.25, 0.3) is 0 Å². The zero-order valence-corrected chi connectivity index (χ0v) is 17.4. The highest BCUT2D eigenvalue weighted by Gasteiger charge is 2.10. The average molecular weight is 350 g/mol. The summed E-state index contributed by atoms with van der Waals surface area (Å²) in [6.45, 7) is 2.30. The van der Waals surface area contributed by atoms with Crippen molar-refractivity contribution in [3.8, 4) is 0 Å². The van der Waals surface area contributed by atoms with Gasteiger partial charge in [0, 0.05) is 6.04 Å². The third-order valence-corrected chi connectivity index (χ3v) is 5.78. The Morgan fingerprint density at radius 2 is 1.12 bits per heavy atom. The van der Waals surface area contributed by atoms with E-state index in [1.165, 1.54) is 128 Å². The molecule has 0 aromatic rings. The minimum absolute atomic E-state index is 0.765. The van der Waals surface area contributed by atoms with Crippen molar-refractivity contribution in [1.29, 1.82) is 0 Å². The highest BCUT2D eigenvalue weighted by molar-refractivity contribution is 4.84. The average Bonchev–Trinajstić information content (AvgIpc) is 2.65. The van der Waals surface area contributed by atoms with Gasteiger partial charge in [-0.25, -0.2) is 0 Å². The molecule has 0 saturated heterocycles. The van der Waals surface area contributed by atoms with Crippen molar-refractivity contribution in [2.75, 3.05) is 0 Å². The summed E-state index contributed by atoms with van der Waals surface area (Å²) in [5.74, 6) is 0. The summed E-state index contributed by atoms with van der Waals surface area (Å²) in [7, 11) is 0. The van der Waals surface area contributed by atoms with Crippen LogP contribution in [0.15, 0.2) is 12.3 Å². The van der Waals surface area contributed by atoms with E-state index in [9.17, 15) is 0 Å². The first-order chi connectivity index (χ1) is 12.4. The fraction of sp³-hybridized carbons (Fsp3) is 0.917. The number of hydrogen-bond acceptors (Lipinski definition) is 1. The molecule has 1 saturated carbocycles. The van der Waals surface area contributed by atoms with E-state index in [-0.39, 0.29) is 0 Å². The maximum atomic E-state index is 3.59. The first-order valence-corrected chi connectivity index (χ1v) is 11.8. The first kappa shape index (κ1) is 22.6. The Morgan fingerprint density at radius 1 is 0.640 bits per heavy atom. The van der Waals surface area contributed by atoms with Gasteiger partial charge in [0.05, 0.1) is 0 Å². The molecule has 0 aromatic carbocycles. The third kappa shape index (κ3) is 15.5. The number of allylic oxidation sites excluding steroid dienone is 1. The van der Waals surface area contributed by atoms with Gasteiger partial charge in [-0.3, -0.25) is 0 Å². The normalized spacial score (nSPS) is 15.9. The molecule has 1 rings (SSSR count). The Balaban J connectivity index is 1.70. The zero-order chi connectivity index (χ0) is 17.8. The van der Waals surface area contributed by atoms with Crippen LogP contribution in [0, 0.1) is 0 Å². The summed E-state index contributed by atoms with van der Waals surface area (Å²) in [4.78, 5) is 0. The lowest BCUT2D eigenvalue weighted by atomic mass is 9.96. The molecule has 0 bridgehead atoms. The predicted molar refractivity (Wildman–Crippen MR) is 114 cm³/mol. The molecule has 1 fully saturated rings. The highest BCUT2D eigenvalue weighted by atomic mass is 14.9. The second-order valence-electron chi connectivity index (χ2n) is 8.29. The summed E-state index contributed by atoms with van der Waals surface area (Å²) in [6.07, 6.45) is 33.2. The van der Waals surface area contributed by atoms with Crippen LogP contribution in [0.25, 0.3) is 0 Å². The summed E-state index contributed by atoms with van der Waals surface area (Å²) in [5.41, 5.74) is 0. The Bertz CT molecular complexity index is 278. The number of nitrogens with one attached hydrogen (secondary N) is 1. The van der Waals surface area contributed by atoms with Crippen molar-refractivity contribution in [1.82, 2.24) is 5.32 Å². The molecule has 1 aliphatic rings. The van der Waals surface area contributed by atoms with Gasteiger partial charge in [-0.2, -0.15) is 0 Å². The van der Waals surface area contributed by atoms with Gasteiger partial charge in [-0.1, -0.05) is 116 Å². The summed E-state index contributed by atoms with van der Waals surface area (Å²) in [5, 5.41) is 3.59. The van der Waals surface area contributed by atoms with Gasteiger partial charge in [0.1, 0.15) is 0 Å². The minimum atomic E-state index is 0.765. The van der Waals surface area contributed by atoms with Crippen molar-refractivity contribution >= 4 is 0 Å². The van der Waals surface area contributed by atoms with E-state index in [1.54, 1.807) is 0 Å². The molecule has 0 unspecified atom stereocenters. The van der Waals surface area contributed by atoms with Crippen molar-refractivity contribution < 1.29 is 0 Å². The van der Waals surface area contributed by atoms with Crippen molar-refractivity contribution in [3.63, 3.8) is 0 Å². The van der Waals surface area contributed by atoms with Gasteiger partial charge in [0.15, 0.2) is 0 Å². The Hall–Kier alpha value is -0.460. The summed E-state index contributed by atoms with van der Waals surface area (Å²) >= 11 is 0. The molecule has 0 aromatic heterocycles. The van der Waals surface area contributed by atoms with Crippen molar-refractivity contribution in [2.24, 2.45) is 0 Å². The molecular weight excluding hydrogens is 302 g/mol. The molecule has 0 radical (unpaired) electrons. The van der Waals surface area contributed by atoms with Gasteiger partial charge in [0.2, 0.25) is 0 Å². The summed E-state index contributed by atoms with van der Waals surface area (Å²) < 4.78 is 0. The fourth-order valence-corrected chi connectivity index (χ4v) is 4.01.